The third kappa shape index (κ3) is 16.8. The molecule has 19 heteroatoms. The third-order valence-electron chi connectivity index (χ3n) is 11.6. The summed E-state index contributed by atoms with van der Waals surface area (Å²) >= 11 is 0. The van der Waals surface area contributed by atoms with Crippen molar-refractivity contribution in [3.8, 4) is 0 Å². The van der Waals surface area contributed by atoms with Crippen molar-refractivity contribution in [1.82, 2.24) is 5.32 Å². The van der Waals surface area contributed by atoms with Gasteiger partial charge < -0.3 is 89.9 Å². The second-order valence-corrected chi connectivity index (χ2v) is 16.5. The zero-order valence-corrected chi connectivity index (χ0v) is 35.9. The Morgan fingerprint density at radius 1 is 0.574 bits per heavy atom. The SMILES string of the molecule is CCCCCCCCCCCC/C=C/C(O)C(COC1OC(CO)C(OC2OC(CO)C(OC3OC(CO)C(O)C(O)C3O)C(O)C2O)C(O)C1O)NC(=O)CCCCCC. The highest BCUT2D eigenvalue weighted by Crippen LogP contribution is 2.33. The van der Waals surface area contributed by atoms with Gasteiger partial charge >= 0.3 is 0 Å². The van der Waals surface area contributed by atoms with Gasteiger partial charge in [-0.2, -0.15) is 0 Å². The minimum atomic E-state index is -1.97. The topological polar surface area (TPSA) is 307 Å². The minimum Gasteiger partial charge on any atom is -0.394 e. The van der Waals surface area contributed by atoms with E-state index in [0.717, 1.165) is 44.9 Å². The summed E-state index contributed by atoms with van der Waals surface area (Å²) in [6, 6.07) is -0.960. The van der Waals surface area contributed by atoms with Gasteiger partial charge in [-0.15, -0.1) is 0 Å². The Morgan fingerprint density at radius 2 is 1.02 bits per heavy atom. The molecule has 358 valence electrons. The molecule has 3 aliphatic rings. The normalized spacial score (nSPS) is 35.7. The summed E-state index contributed by atoms with van der Waals surface area (Å²) in [7, 11) is 0. The Bertz CT molecular complexity index is 1200. The first-order chi connectivity index (χ1) is 29.3. The molecular weight excluding hydrogens is 806 g/mol. The number of hydrogen-bond donors (Lipinski definition) is 12. The molecule has 3 fully saturated rings. The summed E-state index contributed by atoms with van der Waals surface area (Å²) in [5.74, 6) is -0.297. The number of carbonyl (C=O) groups excluding carboxylic acids is 1. The maximum atomic E-state index is 12.9. The lowest BCUT2D eigenvalue weighted by molar-refractivity contribution is -0.379. The van der Waals surface area contributed by atoms with Crippen LogP contribution in [0.5, 0.6) is 0 Å². The van der Waals surface area contributed by atoms with Crippen molar-refractivity contribution in [1.29, 1.82) is 0 Å². The van der Waals surface area contributed by atoms with Crippen molar-refractivity contribution >= 4 is 5.91 Å². The number of carbonyl (C=O) groups is 1. The highest BCUT2D eigenvalue weighted by atomic mass is 16.8. The monoisotopic (exact) mass is 884 g/mol. The standard InChI is InChI=1S/C42H77NO18/c1-3-5-7-9-10-11-12-13-14-15-16-17-19-26(47)25(43-30(48)20-18-8-6-4-2)24-56-40-36(54)33(51)38(28(22-45)58-40)61-42-37(55)34(52)39(29(23-46)59-42)60-41-35(53)32(50)31(49)27(21-44)57-41/h17,19,25-29,31-42,44-47,49-55H,3-16,18,20-24H2,1-2H3,(H,43,48)/b19-17+. The maximum Gasteiger partial charge on any atom is 0.220 e. The van der Waals surface area contributed by atoms with Gasteiger partial charge in [0.05, 0.1) is 38.6 Å². The first-order valence-corrected chi connectivity index (χ1v) is 22.4. The second kappa shape index (κ2) is 29.1. The molecule has 61 heavy (non-hydrogen) atoms. The average molecular weight is 884 g/mol. The van der Waals surface area contributed by atoms with Crippen molar-refractivity contribution in [3.63, 3.8) is 0 Å². The first-order valence-electron chi connectivity index (χ1n) is 22.4. The highest BCUT2D eigenvalue weighted by molar-refractivity contribution is 5.76. The Hall–Kier alpha value is -1.47. The van der Waals surface area contributed by atoms with Crippen LogP contribution in [0.4, 0.5) is 0 Å². The molecule has 3 heterocycles. The van der Waals surface area contributed by atoms with Gasteiger partial charge in [-0.3, -0.25) is 4.79 Å². The number of hydrogen-bond acceptors (Lipinski definition) is 18. The Kier molecular flexibility index (Phi) is 25.7. The molecule has 12 N–H and O–H groups in total. The summed E-state index contributed by atoms with van der Waals surface area (Å²) in [6.07, 6.45) is -6.80. The molecule has 3 aliphatic heterocycles. The lowest BCUT2D eigenvalue weighted by Gasteiger charge is -2.48. The quantitative estimate of drug-likeness (QED) is 0.0321. The predicted octanol–water partition coefficient (Wildman–Crippen LogP) is -0.865. The molecule has 1 amide bonds. The molecule has 0 radical (unpaired) electrons. The van der Waals surface area contributed by atoms with Gasteiger partial charge in [0.25, 0.3) is 0 Å². The molecule has 0 spiro atoms. The Morgan fingerprint density at radius 3 is 1.54 bits per heavy atom. The Labute approximate surface area is 359 Å². The number of amides is 1. The van der Waals surface area contributed by atoms with E-state index >= 15 is 0 Å². The van der Waals surface area contributed by atoms with E-state index in [1.165, 1.54) is 44.9 Å². The number of nitrogens with one attached hydrogen (secondary N) is 1. The molecule has 19 nitrogen and oxygen atoms in total. The van der Waals surface area contributed by atoms with Crippen LogP contribution in [0, 0.1) is 0 Å². The van der Waals surface area contributed by atoms with E-state index in [1.54, 1.807) is 6.08 Å². The average Bonchev–Trinajstić information content (AvgIpc) is 3.25. The summed E-state index contributed by atoms with van der Waals surface area (Å²) in [5, 5.41) is 119. The summed E-state index contributed by atoms with van der Waals surface area (Å²) in [4.78, 5) is 12.9. The highest BCUT2D eigenvalue weighted by Gasteiger charge is 2.53. The number of rotatable bonds is 29. The fraction of sp³-hybridized carbons (Fsp3) is 0.929. The van der Waals surface area contributed by atoms with Crippen molar-refractivity contribution in [2.45, 2.75) is 221 Å². The van der Waals surface area contributed by atoms with Crippen LogP contribution in [-0.2, 0) is 33.2 Å². The van der Waals surface area contributed by atoms with Gasteiger partial charge in [0, 0.05) is 6.42 Å². The molecule has 3 saturated heterocycles. The van der Waals surface area contributed by atoms with Crippen LogP contribution in [0.15, 0.2) is 12.2 Å². The van der Waals surface area contributed by atoms with Gasteiger partial charge in [0.1, 0.15) is 73.2 Å². The lowest BCUT2D eigenvalue weighted by Crippen LogP contribution is -2.66. The van der Waals surface area contributed by atoms with Crippen LogP contribution in [0.3, 0.4) is 0 Å². The Balaban J connectivity index is 1.59. The zero-order valence-electron chi connectivity index (χ0n) is 35.9. The van der Waals surface area contributed by atoms with Crippen LogP contribution in [0.25, 0.3) is 0 Å². The van der Waals surface area contributed by atoms with Gasteiger partial charge in [-0.25, -0.2) is 0 Å². The maximum absolute atomic E-state index is 12.9. The van der Waals surface area contributed by atoms with E-state index in [2.05, 4.69) is 19.2 Å². The number of aliphatic hydroxyl groups excluding tert-OH is 11. The van der Waals surface area contributed by atoms with E-state index in [9.17, 15) is 61.0 Å². The van der Waals surface area contributed by atoms with Crippen molar-refractivity contribution in [2.75, 3.05) is 26.4 Å². The summed E-state index contributed by atoms with van der Waals surface area (Å²) in [6.45, 7) is 1.51. The van der Waals surface area contributed by atoms with Crippen LogP contribution >= 0.6 is 0 Å². The number of allylic oxidation sites excluding steroid dienone is 1. The van der Waals surface area contributed by atoms with Gasteiger partial charge in [-0.1, -0.05) is 103 Å². The van der Waals surface area contributed by atoms with Crippen LogP contribution in [0.1, 0.15) is 117 Å². The summed E-state index contributed by atoms with van der Waals surface area (Å²) in [5.41, 5.74) is 0. The predicted molar refractivity (Wildman–Crippen MR) is 217 cm³/mol. The molecule has 0 aromatic carbocycles. The van der Waals surface area contributed by atoms with Crippen molar-refractivity contribution in [2.24, 2.45) is 0 Å². The summed E-state index contributed by atoms with van der Waals surface area (Å²) < 4.78 is 33.8. The van der Waals surface area contributed by atoms with E-state index < -0.39 is 124 Å². The molecule has 3 rings (SSSR count). The first kappa shape index (κ1) is 53.9. The molecule has 0 saturated carbocycles. The number of aliphatic hydroxyl groups is 11. The van der Waals surface area contributed by atoms with Crippen molar-refractivity contribution < 1.29 is 89.4 Å². The third-order valence-corrected chi connectivity index (χ3v) is 11.6. The largest absolute Gasteiger partial charge is 0.394 e. The fourth-order valence-electron chi connectivity index (χ4n) is 7.72. The van der Waals surface area contributed by atoms with Gasteiger partial charge in [-0.05, 0) is 19.3 Å². The molecule has 0 aromatic heterocycles. The molecule has 17 unspecified atom stereocenters. The van der Waals surface area contributed by atoms with E-state index in [0.29, 0.717) is 6.42 Å². The van der Waals surface area contributed by atoms with Crippen molar-refractivity contribution in [3.05, 3.63) is 12.2 Å². The molecule has 0 aromatic rings. The molecule has 0 aliphatic carbocycles. The van der Waals surface area contributed by atoms with Gasteiger partial charge in [0.15, 0.2) is 18.9 Å². The van der Waals surface area contributed by atoms with Crippen LogP contribution in [-0.4, -0.2) is 193 Å². The number of unbranched alkanes of at least 4 members (excludes halogenated alkanes) is 13. The van der Waals surface area contributed by atoms with E-state index in [4.69, 9.17) is 28.4 Å². The number of ether oxygens (including phenoxy) is 6. The second-order valence-electron chi connectivity index (χ2n) is 16.5. The van der Waals surface area contributed by atoms with E-state index in [1.807, 2.05) is 6.08 Å². The van der Waals surface area contributed by atoms with Gasteiger partial charge in [0.2, 0.25) is 5.91 Å². The van der Waals surface area contributed by atoms with Crippen LogP contribution < -0.4 is 5.32 Å². The van der Waals surface area contributed by atoms with Crippen LogP contribution in [0.2, 0.25) is 0 Å². The minimum absolute atomic E-state index is 0.236. The molecular formula is C42H77NO18. The molecule has 17 atom stereocenters. The van der Waals surface area contributed by atoms with E-state index in [-0.39, 0.29) is 18.9 Å². The molecule has 0 bridgehead atoms. The fourth-order valence-corrected chi connectivity index (χ4v) is 7.72. The lowest BCUT2D eigenvalue weighted by atomic mass is 9.96. The smallest absolute Gasteiger partial charge is 0.220 e. The zero-order chi connectivity index (χ0) is 44.9.